The molecule has 2 unspecified atom stereocenters. The standard InChI is InChI=1S/C23H33NO5/c1-24(20-10-6-3-7-11-20)23(26)21-16-19(18-8-4-2-5-9-18)17-22(29-21)28-15-14-27-13-12-25/h2,4-5,8-9,16,19-20,22,25H,3,6-7,10-15,17H2,1H3. The smallest absolute Gasteiger partial charge is 0.288 e. The van der Waals surface area contributed by atoms with Crippen molar-refractivity contribution in [2.75, 3.05) is 33.5 Å². The van der Waals surface area contributed by atoms with Crippen LogP contribution < -0.4 is 0 Å². The summed E-state index contributed by atoms with van der Waals surface area (Å²) in [6.45, 7) is 1.01. The summed E-state index contributed by atoms with van der Waals surface area (Å²) in [6, 6.07) is 10.4. The number of ether oxygens (including phenoxy) is 3. The highest BCUT2D eigenvalue weighted by Crippen LogP contribution is 2.32. The summed E-state index contributed by atoms with van der Waals surface area (Å²) in [6.07, 6.45) is 7.80. The number of carbonyl (C=O) groups is 1. The molecule has 29 heavy (non-hydrogen) atoms. The number of hydrogen-bond acceptors (Lipinski definition) is 5. The molecule has 1 heterocycles. The summed E-state index contributed by atoms with van der Waals surface area (Å²) in [4.78, 5) is 15.0. The van der Waals surface area contributed by atoms with E-state index in [0.717, 1.165) is 18.4 Å². The maximum absolute atomic E-state index is 13.2. The fourth-order valence-electron chi connectivity index (χ4n) is 4.06. The molecular weight excluding hydrogens is 370 g/mol. The number of carbonyl (C=O) groups excluding carboxylic acids is 1. The van der Waals surface area contributed by atoms with Gasteiger partial charge in [-0.15, -0.1) is 0 Å². The zero-order valence-electron chi connectivity index (χ0n) is 17.3. The Bertz CT molecular complexity index is 656. The largest absolute Gasteiger partial charge is 0.459 e. The monoisotopic (exact) mass is 403 g/mol. The van der Waals surface area contributed by atoms with Crippen molar-refractivity contribution in [3.8, 4) is 0 Å². The first-order valence-corrected chi connectivity index (χ1v) is 10.7. The van der Waals surface area contributed by atoms with E-state index >= 15 is 0 Å². The fraction of sp³-hybridized carbons (Fsp3) is 0.609. The van der Waals surface area contributed by atoms with Gasteiger partial charge in [0.2, 0.25) is 6.29 Å². The van der Waals surface area contributed by atoms with Crippen LogP contribution >= 0.6 is 0 Å². The van der Waals surface area contributed by atoms with E-state index in [-0.39, 0.29) is 31.1 Å². The van der Waals surface area contributed by atoms with Crippen LogP contribution in [0.15, 0.2) is 42.2 Å². The molecule has 0 spiro atoms. The number of aliphatic hydroxyl groups excluding tert-OH is 1. The van der Waals surface area contributed by atoms with Crippen molar-refractivity contribution in [2.24, 2.45) is 0 Å². The van der Waals surface area contributed by atoms with E-state index in [1.807, 2.05) is 36.2 Å². The first-order valence-electron chi connectivity index (χ1n) is 10.7. The van der Waals surface area contributed by atoms with Gasteiger partial charge < -0.3 is 24.2 Å². The highest BCUT2D eigenvalue weighted by atomic mass is 16.7. The number of benzene rings is 1. The highest BCUT2D eigenvalue weighted by molar-refractivity contribution is 5.91. The van der Waals surface area contributed by atoms with Crippen LogP contribution in [0.4, 0.5) is 0 Å². The van der Waals surface area contributed by atoms with Crippen LogP contribution in [0.25, 0.3) is 0 Å². The SMILES string of the molecule is CN(C(=O)C1=CC(c2ccccc2)CC(OCCOCCO)O1)C1CCCCC1. The number of allylic oxidation sites excluding steroid dienone is 1. The number of likely N-dealkylation sites (N-methyl/N-ethyl adjacent to an activating group) is 1. The van der Waals surface area contributed by atoms with Gasteiger partial charge in [-0.2, -0.15) is 0 Å². The average molecular weight is 404 g/mol. The topological polar surface area (TPSA) is 68.2 Å². The van der Waals surface area contributed by atoms with E-state index in [9.17, 15) is 4.79 Å². The third kappa shape index (κ3) is 6.29. The van der Waals surface area contributed by atoms with Crippen LogP contribution in [0.2, 0.25) is 0 Å². The second-order valence-corrected chi connectivity index (χ2v) is 7.75. The first-order chi connectivity index (χ1) is 14.2. The summed E-state index contributed by atoms with van der Waals surface area (Å²) >= 11 is 0. The zero-order valence-corrected chi connectivity index (χ0v) is 17.3. The van der Waals surface area contributed by atoms with Crippen LogP contribution in [-0.4, -0.2) is 61.7 Å². The molecule has 1 aromatic carbocycles. The van der Waals surface area contributed by atoms with Crippen LogP contribution in [0.5, 0.6) is 0 Å². The predicted octanol–water partition coefficient (Wildman–Crippen LogP) is 3.22. The quantitative estimate of drug-likeness (QED) is 0.641. The predicted molar refractivity (Wildman–Crippen MR) is 110 cm³/mol. The molecule has 0 aromatic heterocycles. The molecule has 1 aliphatic carbocycles. The Hall–Kier alpha value is -1.89. The second-order valence-electron chi connectivity index (χ2n) is 7.75. The lowest BCUT2D eigenvalue weighted by molar-refractivity contribution is -0.157. The van der Waals surface area contributed by atoms with Gasteiger partial charge in [-0.25, -0.2) is 0 Å². The molecule has 1 fully saturated rings. The molecule has 1 saturated carbocycles. The van der Waals surface area contributed by atoms with Crippen LogP contribution in [0.1, 0.15) is 50.0 Å². The molecule has 1 N–H and O–H groups in total. The van der Waals surface area contributed by atoms with Crippen molar-refractivity contribution >= 4 is 5.91 Å². The lowest BCUT2D eigenvalue weighted by Crippen LogP contribution is -2.41. The van der Waals surface area contributed by atoms with Gasteiger partial charge >= 0.3 is 0 Å². The zero-order chi connectivity index (χ0) is 20.5. The molecule has 1 aromatic rings. The third-order valence-electron chi connectivity index (χ3n) is 5.71. The van der Waals surface area contributed by atoms with Crippen molar-refractivity contribution in [2.45, 2.75) is 56.8 Å². The Morgan fingerprint density at radius 3 is 2.62 bits per heavy atom. The van der Waals surface area contributed by atoms with E-state index in [1.54, 1.807) is 0 Å². The minimum Gasteiger partial charge on any atom is -0.459 e. The highest BCUT2D eigenvalue weighted by Gasteiger charge is 2.32. The summed E-state index contributed by atoms with van der Waals surface area (Å²) in [7, 11) is 1.88. The van der Waals surface area contributed by atoms with Crippen molar-refractivity contribution < 1.29 is 24.1 Å². The Kier molecular flexibility index (Phi) is 8.52. The second kappa shape index (κ2) is 11.3. The molecule has 0 radical (unpaired) electrons. The normalized spacial score (nSPS) is 22.6. The molecule has 2 atom stereocenters. The molecular formula is C23H33NO5. The first kappa shape index (κ1) is 21.8. The molecule has 6 nitrogen and oxygen atoms in total. The van der Waals surface area contributed by atoms with Gasteiger partial charge in [0.25, 0.3) is 5.91 Å². The minimum absolute atomic E-state index is 0.00903. The van der Waals surface area contributed by atoms with E-state index in [2.05, 4.69) is 12.1 Å². The van der Waals surface area contributed by atoms with Gasteiger partial charge in [-0.3, -0.25) is 4.79 Å². The van der Waals surface area contributed by atoms with Gasteiger partial charge in [0.05, 0.1) is 26.4 Å². The summed E-state index contributed by atoms with van der Waals surface area (Å²) < 4.78 is 17.1. The lowest BCUT2D eigenvalue weighted by Gasteiger charge is -2.34. The molecule has 6 heteroatoms. The molecule has 160 valence electrons. The van der Waals surface area contributed by atoms with Crippen molar-refractivity contribution in [3.05, 3.63) is 47.7 Å². The molecule has 1 aliphatic heterocycles. The molecule has 2 aliphatic rings. The summed E-state index contributed by atoms with van der Waals surface area (Å²) in [5, 5.41) is 8.79. The fourth-order valence-corrected chi connectivity index (χ4v) is 4.06. The van der Waals surface area contributed by atoms with Gasteiger partial charge in [0.1, 0.15) is 0 Å². The third-order valence-corrected chi connectivity index (χ3v) is 5.71. The van der Waals surface area contributed by atoms with Crippen molar-refractivity contribution in [1.29, 1.82) is 0 Å². The van der Waals surface area contributed by atoms with Crippen LogP contribution in [0.3, 0.4) is 0 Å². The van der Waals surface area contributed by atoms with Crippen LogP contribution in [0, 0.1) is 0 Å². The summed E-state index contributed by atoms with van der Waals surface area (Å²) in [5.41, 5.74) is 1.14. The number of amides is 1. The van der Waals surface area contributed by atoms with E-state index in [1.165, 1.54) is 19.3 Å². The molecule has 1 amide bonds. The molecule has 0 saturated heterocycles. The van der Waals surface area contributed by atoms with E-state index in [0.29, 0.717) is 25.4 Å². The van der Waals surface area contributed by atoms with Crippen LogP contribution in [-0.2, 0) is 19.0 Å². The number of hydrogen-bond donors (Lipinski definition) is 1. The number of rotatable bonds is 9. The van der Waals surface area contributed by atoms with Crippen molar-refractivity contribution in [1.82, 2.24) is 4.90 Å². The number of nitrogens with zero attached hydrogens (tertiary/aromatic N) is 1. The maximum Gasteiger partial charge on any atom is 0.288 e. The molecule has 3 rings (SSSR count). The van der Waals surface area contributed by atoms with Gasteiger partial charge in [-0.1, -0.05) is 49.6 Å². The van der Waals surface area contributed by atoms with E-state index < -0.39 is 6.29 Å². The van der Waals surface area contributed by atoms with Gasteiger partial charge in [-0.05, 0) is 24.5 Å². The lowest BCUT2D eigenvalue weighted by atomic mass is 9.92. The Morgan fingerprint density at radius 2 is 1.90 bits per heavy atom. The average Bonchev–Trinajstić information content (AvgIpc) is 2.79. The Morgan fingerprint density at radius 1 is 1.14 bits per heavy atom. The maximum atomic E-state index is 13.2. The Labute approximate surface area is 173 Å². The van der Waals surface area contributed by atoms with E-state index in [4.69, 9.17) is 19.3 Å². The summed E-state index contributed by atoms with van der Waals surface area (Å²) in [5.74, 6) is 0.370. The van der Waals surface area contributed by atoms with Gasteiger partial charge in [0.15, 0.2) is 5.76 Å². The van der Waals surface area contributed by atoms with Crippen molar-refractivity contribution in [3.63, 3.8) is 0 Å². The van der Waals surface area contributed by atoms with Gasteiger partial charge in [0, 0.05) is 25.4 Å². The number of aliphatic hydroxyl groups is 1. The molecule has 0 bridgehead atoms. The Balaban J connectivity index is 1.68. The minimum atomic E-state index is -0.498.